The zero-order chi connectivity index (χ0) is 15.5. The van der Waals surface area contributed by atoms with E-state index in [1.165, 1.54) is 38.5 Å². The molecule has 5 nitrogen and oxygen atoms in total. The van der Waals surface area contributed by atoms with Crippen molar-refractivity contribution in [1.29, 1.82) is 0 Å². The molecule has 0 radical (unpaired) electrons. The maximum absolute atomic E-state index is 5.89. The van der Waals surface area contributed by atoms with E-state index in [9.17, 15) is 0 Å². The monoisotopic (exact) mass is 304 g/mol. The Morgan fingerprint density at radius 2 is 2.09 bits per heavy atom. The summed E-state index contributed by atoms with van der Waals surface area (Å²) in [4.78, 5) is 8.57. The number of nitrogens with one attached hydrogen (secondary N) is 1. The first-order chi connectivity index (χ1) is 10.8. The Morgan fingerprint density at radius 3 is 2.82 bits per heavy atom. The zero-order valence-corrected chi connectivity index (χ0v) is 13.3. The van der Waals surface area contributed by atoms with Crippen molar-refractivity contribution in [1.82, 2.24) is 10.3 Å². The van der Waals surface area contributed by atoms with Crippen LogP contribution >= 0.6 is 0 Å². The molecule has 1 aromatic rings. The highest BCUT2D eigenvalue weighted by Gasteiger charge is 2.11. The molecule has 1 saturated carbocycles. The Morgan fingerprint density at radius 1 is 1.27 bits per heavy atom. The SMILES string of the molecule is NC(=NCCOC1CCCCCC1)NCCc1ccccn1. The maximum Gasteiger partial charge on any atom is 0.188 e. The summed E-state index contributed by atoms with van der Waals surface area (Å²) in [6, 6.07) is 5.92. The lowest BCUT2D eigenvalue weighted by atomic mass is 10.1. The Balaban J connectivity index is 1.55. The molecule has 1 aliphatic rings. The number of guanidine groups is 1. The van der Waals surface area contributed by atoms with Gasteiger partial charge in [0.15, 0.2) is 5.96 Å². The van der Waals surface area contributed by atoms with Crippen molar-refractivity contribution in [2.75, 3.05) is 19.7 Å². The lowest BCUT2D eigenvalue weighted by Gasteiger charge is -2.14. The Hall–Kier alpha value is -1.62. The molecule has 5 heteroatoms. The average Bonchev–Trinajstić information content (AvgIpc) is 2.81. The molecule has 2 rings (SSSR count). The van der Waals surface area contributed by atoms with E-state index >= 15 is 0 Å². The number of nitrogens with two attached hydrogens (primary N) is 1. The smallest absolute Gasteiger partial charge is 0.188 e. The molecule has 0 atom stereocenters. The molecule has 3 N–H and O–H groups in total. The molecular formula is C17H28N4O. The summed E-state index contributed by atoms with van der Waals surface area (Å²) in [5, 5.41) is 3.11. The van der Waals surface area contributed by atoms with Crippen LogP contribution in [0.25, 0.3) is 0 Å². The Bertz CT molecular complexity index is 428. The van der Waals surface area contributed by atoms with Gasteiger partial charge < -0.3 is 15.8 Å². The molecular weight excluding hydrogens is 276 g/mol. The topological polar surface area (TPSA) is 72.5 Å². The molecule has 1 heterocycles. The normalized spacial score (nSPS) is 17.2. The summed E-state index contributed by atoms with van der Waals surface area (Å²) in [5.74, 6) is 0.486. The molecule has 0 aliphatic heterocycles. The van der Waals surface area contributed by atoms with E-state index in [4.69, 9.17) is 10.5 Å². The number of hydrogen-bond donors (Lipinski definition) is 2. The number of hydrogen-bond acceptors (Lipinski definition) is 3. The van der Waals surface area contributed by atoms with Crippen LogP contribution in [0.5, 0.6) is 0 Å². The van der Waals surface area contributed by atoms with E-state index in [1.807, 2.05) is 18.2 Å². The summed E-state index contributed by atoms with van der Waals surface area (Å²) in [6.07, 6.45) is 10.8. The predicted molar refractivity (Wildman–Crippen MR) is 89.9 cm³/mol. The number of ether oxygens (including phenoxy) is 1. The molecule has 0 aromatic carbocycles. The van der Waals surface area contributed by atoms with Crippen molar-refractivity contribution in [3.05, 3.63) is 30.1 Å². The molecule has 1 aromatic heterocycles. The first kappa shape index (κ1) is 16.7. The highest BCUT2D eigenvalue weighted by Crippen LogP contribution is 2.19. The first-order valence-electron chi connectivity index (χ1n) is 8.40. The fourth-order valence-corrected chi connectivity index (χ4v) is 2.71. The van der Waals surface area contributed by atoms with Crippen molar-refractivity contribution in [2.45, 2.75) is 51.0 Å². The fourth-order valence-electron chi connectivity index (χ4n) is 2.71. The predicted octanol–water partition coefficient (Wildman–Crippen LogP) is 2.27. The third kappa shape index (κ3) is 6.89. The van der Waals surface area contributed by atoms with Crippen molar-refractivity contribution >= 4 is 5.96 Å². The maximum atomic E-state index is 5.89. The number of aliphatic imine (C=N–C) groups is 1. The van der Waals surface area contributed by atoms with Crippen LogP contribution in [0.3, 0.4) is 0 Å². The summed E-state index contributed by atoms with van der Waals surface area (Å²) in [6.45, 7) is 2.03. The van der Waals surface area contributed by atoms with Crippen LogP contribution in [0.15, 0.2) is 29.4 Å². The first-order valence-corrected chi connectivity index (χ1v) is 8.40. The molecule has 122 valence electrons. The van der Waals surface area contributed by atoms with Gasteiger partial charge in [0.1, 0.15) is 0 Å². The second-order valence-electron chi connectivity index (χ2n) is 5.75. The second kappa shape index (κ2) is 10.2. The molecule has 0 unspecified atom stereocenters. The number of aromatic nitrogens is 1. The summed E-state index contributed by atoms with van der Waals surface area (Å²) in [5.41, 5.74) is 6.90. The van der Waals surface area contributed by atoms with E-state index < -0.39 is 0 Å². The minimum atomic E-state index is 0.427. The van der Waals surface area contributed by atoms with Crippen LogP contribution in [0.2, 0.25) is 0 Å². The number of nitrogens with zero attached hydrogens (tertiary/aromatic N) is 2. The van der Waals surface area contributed by atoms with Crippen molar-refractivity contribution < 1.29 is 4.74 Å². The molecule has 0 saturated heterocycles. The zero-order valence-electron chi connectivity index (χ0n) is 13.3. The van der Waals surface area contributed by atoms with Crippen molar-refractivity contribution in [2.24, 2.45) is 10.7 Å². The van der Waals surface area contributed by atoms with E-state index in [1.54, 1.807) is 6.20 Å². The van der Waals surface area contributed by atoms with Gasteiger partial charge in [-0.3, -0.25) is 9.98 Å². The number of pyridine rings is 1. The fraction of sp³-hybridized carbons (Fsp3) is 0.647. The van der Waals surface area contributed by atoms with E-state index in [2.05, 4.69) is 15.3 Å². The van der Waals surface area contributed by atoms with Gasteiger partial charge in [-0.25, -0.2) is 0 Å². The van der Waals surface area contributed by atoms with E-state index in [0.717, 1.165) is 18.7 Å². The Kier molecular flexibility index (Phi) is 7.74. The minimum absolute atomic E-state index is 0.427. The van der Waals surface area contributed by atoms with Gasteiger partial charge in [0, 0.05) is 24.9 Å². The summed E-state index contributed by atoms with van der Waals surface area (Å²) >= 11 is 0. The van der Waals surface area contributed by atoms with Gasteiger partial charge in [-0.1, -0.05) is 31.7 Å². The van der Waals surface area contributed by atoms with Gasteiger partial charge in [-0.2, -0.15) is 0 Å². The van der Waals surface area contributed by atoms with Gasteiger partial charge >= 0.3 is 0 Å². The van der Waals surface area contributed by atoms with Crippen molar-refractivity contribution in [3.63, 3.8) is 0 Å². The molecule has 22 heavy (non-hydrogen) atoms. The van der Waals surface area contributed by atoms with Gasteiger partial charge in [0.05, 0.1) is 19.3 Å². The van der Waals surface area contributed by atoms with Crippen LogP contribution < -0.4 is 11.1 Å². The van der Waals surface area contributed by atoms with Crippen LogP contribution in [0.4, 0.5) is 0 Å². The van der Waals surface area contributed by atoms with Crippen LogP contribution in [-0.4, -0.2) is 36.7 Å². The van der Waals surface area contributed by atoms with Crippen LogP contribution in [-0.2, 0) is 11.2 Å². The van der Waals surface area contributed by atoms with Gasteiger partial charge in [-0.15, -0.1) is 0 Å². The summed E-state index contributed by atoms with van der Waals surface area (Å²) in [7, 11) is 0. The molecule has 0 bridgehead atoms. The van der Waals surface area contributed by atoms with Crippen LogP contribution in [0.1, 0.15) is 44.2 Å². The van der Waals surface area contributed by atoms with E-state index in [0.29, 0.717) is 25.2 Å². The number of rotatable bonds is 7. The highest BCUT2D eigenvalue weighted by atomic mass is 16.5. The molecule has 0 spiro atoms. The standard InChI is InChI=1S/C17H28N4O/c18-17(20-12-10-15-7-5-6-11-19-15)21-13-14-22-16-8-3-1-2-4-9-16/h5-7,11,16H,1-4,8-10,12-14H2,(H3,18,20,21). The molecule has 1 aliphatic carbocycles. The third-order valence-electron chi connectivity index (χ3n) is 3.94. The molecule has 1 fully saturated rings. The minimum Gasteiger partial charge on any atom is -0.376 e. The summed E-state index contributed by atoms with van der Waals surface area (Å²) < 4.78 is 5.89. The third-order valence-corrected chi connectivity index (χ3v) is 3.94. The highest BCUT2D eigenvalue weighted by molar-refractivity contribution is 5.77. The lowest BCUT2D eigenvalue weighted by Crippen LogP contribution is -2.33. The quantitative estimate of drug-likeness (QED) is 0.351. The van der Waals surface area contributed by atoms with Gasteiger partial charge in [-0.05, 0) is 25.0 Å². The van der Waals surface area contributed by atoms with Crippen LogP contribution in [0, 0.1) is 0 Å². The Labute approximate surface area is 133 Å². The van der Waals surface area contributed by atoms with Gasteiger partial charge in [0.2, 0.25) is 0 Å². The largest absolute Gasteiger partial charge is 0.376 e. The van der Waals surface area contributed by atoms with Gasteiger partial charge in [0.25, 0.3) is 0 Å². The average molecular weight is 304 g/mol. The van der Waals surface area contributed by atoms with Crippen molar-refractivity contribution in [3.8, 4) is 0 Å². The lowest BCUT2D eigenvalue weighted by molar-refractivity contribution is 0.0487. The van der Waals surface area contributed by atoms with E-state index in [-0.39, 0.29) is 0 Å². The molecule has 0 amide bonds. The second-order valence-corrected chi connectivity index (χ2v) is 5.75.